The summed E-state index contributed by atoms with van der Waals surface area (Å²) < 4.78 is 19.2. The van der Waals surface area contributed by atoms with Crippen LogP contribution in [-0.4, -0.2) is 22.6 Å². The Balaban J connectivity index is 1.57. The maximum absolute atomic E-state index is 13.9. The number of anilines is 1. The number of hydrogen-bond acceptors (Lipinski definition) is 4. The maximum Gasteiger partial charge on any atom is 0.232 e. The van der Waals surface area contributed by atoms with Crippen molar-refractivity contribution >= 4 is 11.6 Å². The predicted octanol–water partition coefficient (Wildman–Crippen LogP) is 3.70. The number of aromatic nitrogens is 2. The van der Waals surface area contributed by atoms with Gasteiger partial charge in [0.2, 0.25) is 17.6 Å². The molecule has 5 nitrogen and oxygen atoms in total. The van der Waals surface area contributed by atoms with Gasteiger partial charge in [0.05, 0.1) is 11.5 Å². The normalized spacial score (nSPS) is 17.3. The van der Waals surface area contributed by atoms with Crippen LogP contribution < -0.4 is 4.90 Å². The molecule has 0 saturated carbocycles. The van der Waals surface area contributed by atoms with Gasteiger partial charge >= 0.3 is 0 Å². The van der Waals surface area contributed by atoms with Crippen LogP contribution in [0.5, 0.6) is 0 Å². The molecular weight excluding hydrogens is 321 g/mol. The molecule has 1 amide bonds. The molecule has 1 aromatic heterocycles. The highest BCUT2D eigenvalue weighted by Crippen LogP contribution is 2.32. The summed E-state index contributed by atoms with van der Waals surface area (Å²) in [6.07, 6.45) is 0.298. The Kier molecular flexibility index (Phi) is 3.80. The predicted molar refractivity (Wildman–Crippen MR) is 90.6 cm³/mol. The van der Waals surface area contributed by atoms with Crippen LogP contribution in [0, 0.1) is 12.7 Å². The monoisotopic (exact) mass is 337 g/mol. The molecule has 0 spiro atoms. The standard InChI is InChI=1S/C19H16FN3O2/c1-12-6-8-14(9-7-12)23-11-13(10-17(23)24)19-21-18(22-25-19)15-4-2-3-5-16(15)20/h2-9,13H,10-11H2,1H3. The molecule has 0 radical (unpaired) electrons. The van der Waals surface area contributed by atoms with Gasteiger partial charge in [-0.1, -0.05) is 35.0 Å². The molecule has 1 aliphatic heterocycles. The number of nitrogens with zero attached hydrogens (tertiary/aromatic N) is 3. The second kappa shape index (κ2) is 6.12. The van der Waals surface area contributed by atoms with E-state index in [1.165, 1.54) is 6.07 Å². The van der Waals surface area contributed by atoms with Crippen molar-refractivity contribution in [2.45, 2.75) is 19.3 Å². The summed E-state index contributed by atoms with van der Waals surface area (Å²) in [6, 6.07) is 14.1. The van der Waals surface area contributed by atoms with Gasteiger partial charge in [-0.15, -0.1) is 0 Å². The van der Waals surface area contributed by atoms with Gasteiger partial charge in [-0.2, -0.15) is 4.98 Å². The van der Waals surface area contributed by atoms with Gasteiger partial charge in [-0.05, 0) is 31.2 Å². The summed E-state index contributed by atoms with van der Waals surface area (Å²) in [5.41, 5.74) is 2.28. The molecule has 3 aromatic rings. The molecule has 0 bridgehead atoms. The fourth-order valence-electron chi connectivity index (χ4n) is 3.00. The molecule has 1 fully saturated rings. The van der Waals surface area contributed by atoms with Crippen molar-refractivity contribution in [1.82, 2.24) is 10.1 Å². The minimum Gasteiger partial charge on any atom is -0.339 e. The van der Waals surface area contributed by atoms with E-state index < -0.39 is 5.82 Å². The van der Waals surface area contributed by atoms with Crippen LogP contribution in [0.4, 0.5) is 10.1 Å². The number of rotatable bonds is 3. The van der Waals surface area contributed by atoms with E-state index in [-0.39, 0.29) is 23.2 Å². The van der Waals surface area contributed by atoms with Crippen LogP contribution in [0.3, 0.4) is 0 Å². The van der Waals surface area contributed by atoms with Gasteiger partial charge in [-0.3, -0.25) is 4.79 Å². The van der Waals surface area contributed by atoms with Crippen LogP contribution in [0.25, 0.3) is 11.4 Å². The lowest BCUT2D eigenvalue weighted by molar-refractivity contribution is -0.117. The molecule has 6 heteroatoms. The molecule has 0 N–H and O–H groups in total. The quantitative estimate of drug-likeness (QED) is 0.731. The van der Waals surface area contributed by atoms with Crippen molar-refractivity contribution in [3.63, 3.8) is 0 Å². The Morgan fingerprint density at radius 3 is 2.68 bits per heavy atom. The average Bonchev–Trinajstić information content (AvgIpc) is 3.23. The lowest BCUT2D eigenvalue weighted by atomic mass is 10.1. The van der Waals surface area contributed by atoms with Crippen LogP contribution in [-0.2, 0) is 4.79 Å². The number of aryl methyl sites for hydroxylation is 1. The number of carbonyl (C=O) groups is 1. The summed E-state index contributed by atoms with van der Waals surface area (Å²) >= 11 is 0. The second-order valence-electron chi connectivity index (χ2n) is 6.18. The molecule has 4 rings (SSSR count). The van der Waals surface area contributed by atoms with E-state index in [1.54, 1.807) is 23.1 Å². The highest BCUT2D eigenvalue weighted by molar-refractivity contribution is 5.96. The molecule has 1 aliphatic rings. The van der Waals surface area contributed by atoms with Gasteiger partial charge in [0, 0.05) is 18.7 Å². The molecule has 126 valence electrons. The van der Waals surface area contributed by atoms with E-state index >= 15 is 0 Å². The van der Waals surface area contributed by atoms with Crippen molar-refractivity contribution in [2.24, 2.45) is 0 Å². The van der Waals surface area contributed by atoms with Gasteiger partial charge in [0.15, 0.2) is 0 Å². The summed E-state index contributed by atoms with van der Waals surface area (Å²) in [5, 5.41) is 3.87. The van der Waals surface area contributed by atoms with Crippen molar-refractivity contribution in [1.29, 1.82) is 0 Å². The Bertz CT molecular complexity index is 920. The number of halogens is 1. The zero-order chi connectivity index (χ0) is 17.4. The third kappa shape index (κ3) is 2.91. The fourth-order valence-corrected chi connectivity index (χ4v) is 3.00. The fraction of sp³-hybridized carbons (Fsp3) is 0.211. The minimum absolute atomic E-state index is 0.0134. The third-order valence-electron chi connectivity index (χ3n) is 4.38. The molecule has 2 heterocycles. The lowest BCUT2D eigenvalue weighted by Crippen LogP contribution is -2.24. The minimum atomic E-state index is -0.404. The third-order valence-corrected chi connectivity index (χ3v) is 4.38. The smallest absolute Gasteiger partial charge is 0.232 e. The highest BCUT2D eigenvalue weighted by Gasteiger charge is 2.35. The van der Waals surface area contributed by atoms with Gasteiger partial charge in [0.25, 0.3) is 0 Å². The van der Waals surface area contributed by atoms with Crippen molar-refractivity contribution in [3.8, 4) is 11.4 Å². The number of amides is 1. The molecule has 1 saturated heterocycles. The van der Waals surface area contributed by atoms with E-state index in [0.717, 1.165) is 11.3 Å². The Labute approximate surface area is 144 Å². The topological polar surface area (TPSA) is 59.2 Å². The second-order valence-corrected chi connectivity index (χ2v) is 6.18. The van der Waals surface area contributed by atoms with E-state index in [1.807, 2.05) is 31.2 Å². The van der Waals surface area contributed by atoms with Crippen LogP contribution in [0.15, 0.2) is 53.1 Å². The molecule has 1 atom stereocenters. The Morgan fingerprint density at radius 2 is 1.92 bits per heavy atom. The average molecular weight is 337 g/mol. The Morgan fingerprint density at radius 1 is 1.16 bits per heavy atom. The maximum atomic E-state index is 13.9. The summed E-state index contributed by atoms with van der Waals surface area (Å²) in [7, 11) is 0. The van der Waals surface area contributed by atoms with E-state index in [2.05, 4.69) is 10.1 Å². The van der Waals surface area contributed by atoms with Crippen molar-refractivity contribution in [2.75, 3.05) is 11.4 Å². The van der Waals surface area contributed by atoms with Crippen molar-refractivity contribution < 1.29 is 13.7 Å². The number of benzene rings is 2. The summed E-state index contributed by atoms with van der Waals surface area (Å²) in [4.78, 5) is 18.4. The molecule has 0 aliphatic carbocycles. The summed E-state index contributed by atoms with van der Waals surface area (Å²) in [6.45, 7) is 2.47. The van der Waals surface area contributed by atoms with E-state index in [9.17, 15) is 9.18 Å². The first-order valence-electron chi connectivity index (χ1n) is 8.07. The molecule has 2 aromatic carbocycles. The van der Waals surface area contributed by atoms with E-state index in [0.29, 0.717) is 18.9 Å². The zero-order valence-corrected chi connectivity index (χ0v) is 13.6. The first kappa shape index (κ1) is 15.5. The summed E-state index contributed by atoms with van der Waals surface area (Å²) in [5.74, 6) is -0.0181. The zero-order valence-electron chi connectivity index (χ0n) is 13.6. The van der Waals surface area contributed by atoms with Crippen LogP contribution in [0.1, 0.15) is 23.8 Å². The first-order valence-corrected chi connectivity index (χ1v) is 8.07. The van der Waals surface area contributed by atoms with Crippen LogP contribution >= 0.6 is 0 Å². The SMILES string of the molecule is Cc1ccc(N2CC(c3nc(-c4ccccc4F)no3)CC2=O)cc1. The van der Waals surface area contributed by atoms with Gasteiger partial charge in [-0.25, -0.2) is 4.39 Å². The van der Waals surface area contributed by atoms with Gasteiger partial charge in [0.1, 0.15) is 5.82 Å². The van der Waals surface area contributed by atoms with Gasteiger partial charge < -0.3 is 9.42 Å². The molecular formula is C19H16FN3O2. The largest absolute Gasteiger partial charge is 0.339 e. The Hall–Kier alpha value is -3.02. The van der Waals surface area contributed by atoms with Crippen molar-refractivity contribution in [3.05, 3.63) is 65.8 Å². The highest BCUT2D eigenvalue weighted by atomic mass is 19.1. The van der Waals surface area contributed by atoms with Crippen LogP contribution in [0.2, 0.25) is 0 Å². The molecule has 25 heavy (non-hydrogen) atoms. The van der Waals surface area contributed by atoms with E-state index in [4.69, 9.17) is 4.52 Å². The molecule has 1 unspecified atom stereocenters. The number of carbonyl (C=O) groups excluding carboxylic acids is 1. The first-order chi connectivity index (χ1) is 12.1. The number of hydrogen-bond donors (Lipinski definition) is 0. The lowest BCUT2D eigenvalue weighted by Gasteiger charge is -2.16.